The molecule has 0 atom stereocenters. The van der Waals surface area contributed by atoms with E-state index in [4.69, 9.17) is 16.9 Å². The molecule has 0 aliphatic carbocycles. The van der Waals surface area contributed by atoms with Crippen LogP contribution in [-0.2, 0) is 6.18 Å². The quantitative estimate of drug-likeness (QED) is 0.468. The van der Waals surface area contributed by atoms with Crippen molar-refractivity contribution >= 4 is 17.4 Å². The normalized spacial score (nSPS) is 11.1. The van der Waals surface area contributed by atoms with E-state index in [1.165, 1.54) is 6.07 Å². The Kier molecular flexibility index (Phi) is 3.73. The molecule has 2 nitrogen and oxygen atoms in total. The van der Waals surface area contributed by atoms with Gasteiger partial charge in [-0.05, 0) is 12.1 Å². The van der Waals surface area contributed by atoms with E-state index in [1.54, 1.807) is 0 Å². The van der Waals surface area contributed by atoms with Crippen molar-refractivity contribution in [1.82, 2.24) is 0 Å². The van der Waals surface area contributed by atoms with Gasteiger partial charge in [0.1, 0.15) is 5.82 Å². The summed E-state index contributed by atoms with van der Waals surface area (Å²) in [5.41, 5.74) is -2.85. The first-order chi connectivity index (χ1) is 7.81. The summed E-state index contributed by atoms with van der Waals surface area (Å²) in [4.78, 5) is 11.1. The molecule has 0 saturated heterocycles. The smallest absolute Gasteiger partial charge is 0.293 e. The van der Waals surface area contributed by atoms with Crippen LogP contribution >= 0.6 is 11.6 Å². The summed E-state index contributed by atoms with van der Waals surface area (Å²) in [6, 6.07) is 1.95. The van der Waals surface area contributed by atoms with Crippen LogP contribution < -0.4 is 0 Å². The largest absolute Gasteiger partial charge is 0.417 e. The molecule has 0 heterocycles. The van der Waals surface area contributed by atoms with E-state index in [-0.39, 0.29) is 6.07 Å². The lowest BCUT2D eigenvalue weighted by Crippen LogP contribution is -2.12. The van der Waals surface area contributed by atoms with Crippen molar-refractivity contribution < 1.29 is 22.4 Å². The van der Waals surface area contributed by atoms with Crippen molar-refractivity contribution in [3.05, 3.63) is 34.6 Å². The maximum absolute atomic E-state index is 13.2. The number of carbonyl (C=O) groups is 1. The highest BCUT2D eigenvalue weighted by Crippen LogP contribution is 2.33. The molecule has 7 heteroatoms. The number of ketones is 1. The lowest BCUT2D eigenvalue weighted by molar-refractivity contribution is -0.138. The summed E-state index contributed by atoms with van der Waals surface area (Å²) in [7, 11) is 0. The minimum Gasteiger partial charge on any atom is -0.293 e. The first kappa shape index (κ1) is 13.5. The summed E-state index contributed by atoms with van der Waals surface area (Å²) >= 11 is 5.16. The molecule has 0 bridgehead atoms. The second kappa shape index (κ2) is 4.72. The molecule has 0 radical (unpaired) electrons. The van der Waals surface area contributed by atoms with Crippen molar-refractivity contribution in [2.24, 2.45) is 0 Å². The molecule has 0 aliphatic rings. The predicted molar refractivity (Wildman–Crippen MR) is 51.2 cm³/mol. The number of nitriles is 1. The van der Waals surface area contributed by atoms with Gasteiger partial charge in [-0.3, -0.25) is 4.79 Å². The fourth-order valence-corrected chi connectivity index (χ4v) is 1.33. The maximum atomic E-state index is 13.2. The number of rotatable bonds is 2. The number of hydrogen-bond donors (Lipinski definition) is 0. The van der Waals surface area contributed by atoms with Gasteiger partial charge in [0.15, 0.2) is 5.78 Å². The van der Waals surface area contributed by atoms with E-state index < -0.39 is 40.3 Å². The van der Waals surface area contributed by atoms with Gasteiger partial charge in [0.2, 0.25) is 0 Å². The van der Waals surface area contributed by atoms with Crippen LogP contribution in [0.4, 0.5) is 17.6 Å². The molecule has 1 aromatic carbocycles. The molecule has 0 saturated carbocycles. The second-order valence-corrected chi connectivity index (χ2v) is 3.31. The summed E-state index contributed by atoms with van der Waals surface area (Å²) in [6.07, 6.45) is -4.85. The van der Waals surface area contributed by atoms with Gasteiger partial charge in [-0.15, -0.1) is 11.6 Å². The molecule has 0 unspecified atom stereocenters. The number of carbonyl (C=O) groups excluding carboxylic acids is 1. The lowest BCUT2D eigenvalue weighted by atomic mass is 10.0. The number of halogens is 5. The summed E-state index contributed by atoms with van der Waals surface area (Å²) < 4.78 is 50.4. The van der Waals surface area contributed by atoms with Gasteiger partial charge < -0.3 is 0 Å². The number of Topliss-reactive ketones (excluding diaryl/α,β-unsaturated/α-hetero) is 1. The van der Waals surface area contributed by atoms with E-state index in [9.17, 15) is 22.4 Å². The summed E-state index contributed by atoms with van der Waals surface area (Å²) in [6.45, 7) is 0. The van der Waals surface area contributed by atoms with Gasteiger partial charge in [-0.1, -0.05) is 0 Å². The SMILES string of the molecule is N#Cc1cc(C(=O)CCl)c(F)cc1C(F)(F)F. The zero-order chi connectivity index (χ0) is 13.2. The van der Waals surface area contributed by atoms with E-state index in [2.05, 4.69) is 0 Å². The lowest BCUT2D eigenvalue weighted by Gasteiger charge is -2.10. The Hall–Kier alpha value is -1.61. The first-order valence-electron chi connectivity index (χ1n) is 4.21. The Balaban J connectivity index is 3.47. The minimum atomic E-state index is -4.85. The molecule has 1 aromatic rings. The third kappa shape index (κ3) is 2.74. The highest BCUT2D eigenvalue weighted by molar-refractivity contribution is 6.30. The van der Waals surface area contributed by atoms with Gasteiger partial charge in [-0.25, -0.2) is 4.39 Å². The zero-order valence-electron chi connectivity index (χ0n) is 8.11. The topological polar surface area (TPSA) is 40.9 Å². The summed E-state index contributed by atoms with van der Waals surface area (Å²) in [5, 5.41) is 8.53. The van der Waals surface area contributed by atoms with Crippen molar-refractivity contribution in [3.63, 3.8) is 0 Å². The third-order valence-corrected chi connectivity index (χ3v) is 2.20. The van der Waals surface area contributed by atoms with Crippen LogP contribution in [0.3, 0.4) is 0 Å². The Morgan fingerprint density at radius 2 is 2.00 bits per heavy atom. The molecule has 0 amide bonds. The van der Waals surface area contributed by atoms with Gasteiger partial charge >= 0.3 is 6.18 Å². The molecule has 0 aliphatic heterocycles. The predicted octanol–water partition coefficient (Wildman–Crippen LogP) is 3.14. The zero-order valence-corrected chi connectivity index (χ0v) is 8.86. The van der Waals surface area contributed by atoms with E-state index in [0.717, 1.165) is 0 Å². The van der Waals surface area contributed by atoms with Gasteiger partial charge in [0.05, 0.1) is 28.6 Å². The average molecular weight is 266 g/mol. The van der Waals surface area contributed by atoms with Crippen molar-refractivity contribution in [3.8, 4) is 6.07 Å². The number of alkyl halides is 4. The van der Waals surface area contributed by atoms with E-state index >= 15 is 0 Å². The highest BCUT2D eigenvalue weighted by atomic mass is 35.5. The van der Waals surface area contributed by atoms with Crippen molar-refractivity contribution in [2.75, 3.05) is 5.88 Å². The fourth-order valence-electron chi connectivity index (χ4n) is 1.19. The standard InChI is InChI=1S/C10H4ClF4NO/c11-3-9(17)6-1-5(4-16)7(2-8(6)12)10(13,14)15/h1-2H,3H2. The number of benzene rings is 1. The maximum Gasteiger partial charge on any atom is 0.417 e. The first-order valence-corrected chi connectivity index (χ1v) is 4.74. The Labute approximate surface area is 98.4 Å². The van der Waals surface area contributed by atoms with Crippen LogP contribution in [0.2, 0.25) is 0 Å². The molecule has 0 aromatic heterocycles. The molecule has 0 spiro atoms. The number of nitrogens with zero attached hydrogens (tertiary/aromatic N) is 1. The second-order valence-electron chi connectivity index (χ2n) is 3.04. The van der Waals surface area contributed by atoms with Crippen LogP contribution in [0.25, 0.3) is 0 Å². The van der Waals surface area contributed by atoms with E-state index in [0.29, 0.717) is 6.07 Å². The van der Waals surface area contributed by atoms with Crippen molar-refractivity contribution in [1.29, 1.82) is 5.26 Å². The van der Waals surface area contributed by atoms with Crippen molar-refractivity contribution in [2.45, 2.75) is 6.18 Å². The van der Waals surface area contributed by atoms with Gasteiger partial charge in [0, 0.05) is 0 Å². The van der Waals surface area contributed by atoms with E-state index in [1.807, 2.05) is 0 Å². The van der Waals surface area contributed by atoms with Gasteiger partial charge in [0.25, 0.3) is 0 Å². The Morgan fingerprint density at radius 1 is 1.41 bits per heavy atom. The highest BCUT2D eigenvalue weighted by Gasteiger charge is 2.35. The van der Waals surface area contributed by atoms with Crippen LogP contribution in [0.5, 0.6) is 0 Å². The van der Waals surface area contributed by atoms with Crippen LogP contribution in [0.1, 0.15) is 21.5 Å². The minimum absolute atomic E-state index is 0.123. The molecule has 90 valence electrons. The fraction of sp³-hybridized carbons (Fsp3) is 0.200. The summed E-state index contributed by atoms with van der Waals surface area (Å²) in [5.74, 6) is -2.80. The third-order valence-electron chi connectivity index (χ3n) is 1.95. The molecular formula is C10H4ClF4NO. The molecule has 0 fully saturated rings. The Bertz CT molecular complexity index is 504. The average Bonchev–Trinajstić information content (AvgIpc) is 2.26. The van der Waals surface area contributed by atoms with Crippen LogP contribution in [-0.4, -0.2) is 11.7 Å². The van der Waals surface area contributed by atoms with Crippen LogP contribution in [0, 0.1) is 17.1 Å². The van der Waals surface area contributed by atoms with Crippen LogP contribution in [0.15, 0.2) is 12.1 Å². The molecule has 0 N–H and O–H groups in total. The molecular weight excluding hydrogens is 262 g/mol. The van der Waals surface area contributed by atoms with Gasteiger partial charge in [-0.2, -0.15) is 18.4 Å². The number of hydrogen-bond acceptors (Lipinski definition) is 2. The molecule has 17 heavy (non-hydrogen) atoms. The Morgan fingerprint density at radius 3 is 2.41 bits per heavy atom. The molecule has 1 rings (SSSR count). The monoisotopic (exact) mass is 265 g/mol.